The fourth-order valence-electron chi connectivity index (χ4n) is 2.19. The monoisotopic (exact) mass is 328 g/mol. The molecule has 0 aliphatic carbocycles. The maximum absolute atomic E-state index is 12.5. The number of carbonyl (C=O) groups is 2. The Hall–Kier alpha value is -1.24. The Morgan fingerprint density at radius 2 is 2.19 bits per heavy atom. The molecule has 1 aliphatic rings. The Balaban J connectivity index is 2.14. The Morgan fingerprint density at radius 3 is 2.71 bits per heavy atom. The van der Waals surface area contributed by atoms with Crippen molar-refractivity contribution in [3.05, 3.63) is 34.9 Å². The number of halogens is 1. The molecule has 5 nitrogen and oxygen atoms in total. The summed E-state index contributed by atoms with van der Waals surface area (Å²) < 4.78 is 5.22. The average Bonchev–Trinajstić information content (AvgIpc) is 2.91. The zero-order chi connectivity index (χ0) is 15.4. The first-order valence-corrected chi connectivity index (χ1v) is 7.83. The molecular weight excluding hydrogens is 312 g/mol. The van der Waals surface area contributed by atoms with Crippen molar-refractivity contribution in [3.63, 3.8) is 0 Å². The minimum Gasteiger partial charge on any atom is -0.382 e. The molecule has 2 rings (SSSR count). The lowest BCUT2D eigenvalue weighted by atomic mass is 10.1. The van der Waals surface area contributed by atoms with Crippen molar-refractivity contribution >= 4 is 34.5 Å². The molecular formula is C14H17ClN2O3S. The summed E-state index contributed by atoms with van der Waals surface area (Å²) in [5, 5.41) is 3.15. The summed E-state index contributed by atoms with van der Waals surface area (Å²) >= 11 is 7.02. The van der Waals surface area contributed by atoms with E-state index in [0.717, 1.165) is 17.3 Å². The summed E-state index contributed by atoms with van der Waals surface area (Å²) in [6.45, 7) is 0.373. The van der Waals surface area contributed by atoms with Crippen LogP contribution in [0.4, 0.5) is 4.79 Å². The van der Waals surface area contributed by atoms with Crippen molar-refractivity contribution in [2.24, 2.45) is 0 Å². The lowest BCUT2D eigenvalue weighted by Crippen LogP contribution is -2.46. The average molecular weight is 329 g/mol. The quantitative estimate of drug-likeness (QED) is 0.901. The molecule has 1 saturated heterocycles. The van der Waals surface area contributed by atoms with Crippen molar-refractivity contribution in [2.75, 3.05) is 26.5 Å². The second-order valence-electron chi connectivity index (χ2n) is 4.77. The van der Waals surface area contributed by atoms with Crippen molar-refractivity contribution < 1.29 is 14.3 Å². The van der Waals surface area contributed by atoms with Gasteiger partial charge in [-0.05, 0) is 17.7 Å². The third kappa shape index (κ3) is 3.90. The summed E-state index contributed by atoms with van der Waals surface area (Å²) in [7, 11) is 3.31. The van der Waals surface area contributed by atoms with Crippen molar-refractivity contribution in [1.82, 2.24) is 10.2 Å². The summed E-state index contributed by atoms with van der Waals surface area (Å²) in [6, 6.07) is 6.62. The number of amides is 2. The summed E-state index contributed by atoms with van der Waals surface area (Å²) in [5.41, 5.74) is 0.939. The molecule has 1 aromatic rings. The van der Waals surface area contributed by atoms with Crippen molar-refractivity contribution in [3.8, 4) is 0 Å². The number of nitrogens with one attached hydrogen (secondary N) is 1. The zero-order valence-electron chi connectivity index (χ0n) is 11.8. The van der Waals surface area contributed by atoms with Crippen LogP contribution in [0.2, 0.25) is 5.02 Å². The first-order chi connectivity index (χ1) is 10.0. The van der Waals surface area contributed by atoms with E-state index in [9.17, 15) is 9.59 Å². The molecule has 1 fully saturated rings. The number of hydrogen-bond donors (Lipinski definition) is 1. The fourth-order valence-corrected chi connectivity index (χ4v) is 3.09. The van der Waals surface area contributed by atoms with E-state index >= 15 is 0 Å². The molecule has 2 unspecified atom stereocenters. The highest BCUT2D eigenvalue weighted by atomic mass is 35.5. The third-order valence-electron chi connectivity index (χ3n) is 3.37. The number of ether oxygens (including phenoxy) is 1. The highest BCUT2D eigenvalue weighted by molar-refractivity contribution is 8.14. The van der Waals surface area contributed by atoms with Crippen LogP contribution in [-0.4, -0.2) is 48.6 Å². The van der Waals surface area contributed by atoms with Crippen LogP contribution in [0.3, 0.4) is 0 Å². The van der Waals surface area contributed by atoms with Gasteiger partial charge in [0.05, 0.1) is 12.6 Å². The van der Waals surface area contributed by atoms with E-state index in [1.165, 1.54) is 0 Å². The van der Waals surface area contributed by atoms with Crippen LogP contribution in [-0.2, 0) is 9.53 Å². The molecule has 0 bridgehead atoms. The number of carbonyl (C=O) groups excluding carboxylic acids is 2. The van der Waals surface area contributed by atoms with Gasteiger partial charge >= 0.3 is 0 Å². The predicted octanol–water partition coefficient (Wildman–Crippen LogP) is 2.31. The largest absolute Gasteiger partial charge is 0.382 e. The number of hydrogen-bond acceptors (Lipinski definition) is 4. The van der Waals surface area contributed by atoms with E-state index in [-0.39, 0.29) is 17.2 Å². The Labute approximate surface area is 133 Å². The number of nitrogens with zero attached hydrogens (tertiary/aromatic N) is 1. The van der Waals surface area contributed by atoms with Crippen molar-refractivity contribution in [2.45, 2.75) is 12.1 Å². The summed E-state index contributed by atoms with van der Waals surface area (Å²) in [4.78, 5) is 25.3. The Morgan fingerprint density at radius 1 is 1.52 bits per heavy atom. The lowest BCUT2D eigenvalue weighted by Gasteiger charge is -2.30. The molecule has 0 saturated carbocycles. The van der Waals surface area contributed by atoms with E-state index in [4.69, 9.17) is 16.3 Å². The molecule has 1 heterocycles. The van der Waals surface area contributed by atoms with Gasteiger partial charge < -0.3 is 15.0 Å². The standard InChI is InChI=1S/C14H17ClN2O3S/c1-17(13(18)11-8-21-14(19)16-11)12(7-20-2)9-3-5-10(15)6-4-9/h3-6,11-12H,7-8H2,1-2H3,(H,16,19). The smallest absolute Gasteiger partial charge is 0.279 e. The fraction of sp³-hybridized carbons (Fsp3) is 0.429. The van der Waals surface area contributed by atoms with Crippen LogP contribution in [0.1, 0.15) is 11.6 Å². The molecule has 7 heteroatoms. The highest BCUT2D eigenvalue weighted by Crippen LogP contribution is 2.24. The molecule has 0 spiro atoms. The van der Waals surface area contributed by atoms with Crippen LogP contribution in [0.15, 0.2) is 24.3 Å². The minimum atomic E-state index is -0.473. The normalized spacial score (nSPS) is 19.2. The van der Waals surface area contributed by atoms with Gasteiger partial charge in [-0.3, -0.25) is 9.59 Å². The molecule has 1 aliphatic heterocycles. The van der Waals surface area contributed by atoms with E-state index < -0.39 is 6.04 Å². The van der Waals surface area contributed by atoms with Crippen LogP contribution in [0.5, 0.6) is 0 Å². The van der Waals surface area contributed by atoms with Gasteiger partial charge in [-0.15, -0.1) is 0 Å². The second kappa shape index (κ2) is 7.15. The number of likely N-dealkylation sites (N-methyl/N-ethyl adjacent to an activating group) is 1. The highest BCUT2D eigenvalue weighted by Gasteiger charge is 2.33. The number of thioether (sulfide) groups is 1. The van der Waals surface area contributed by atoms with Gasteiger partial charge in [-0.1, -0.05) is 35.5 Å². The molecule has 2 atom stereocenters. The minimum absolute atomic E-state index is 0.120. The Bertz CT molecular complexity index is 523. The van der Waals surface area contributed by atoms with E-state index in [0.29, 0.717) is 17.4 Å². The van der Waals surface area contributed by atoms with Gasteiger partial charge in [0.15, 0.2) is 0 Å². The van der Waals surface area contributed by atoms with Crippen LogP contribution in [0, 0.1) is 0 Å². The second-order valence-corrected chi connectivity index (χ2v) is 6.20. The summed E-state index contributed by atoms with van der Waals surface area (Å²) in [6.07, 6.45) is 0. The topological polar surface area (TPSA) is 58.6 Å². The molecule has 1 aromatic carbocycles. The van der Waals surface area contributed by atoms with Gasteiger partial charge in [0, 0.05) is 24.9 Å². The van der Waals surface area contributed by atoms with E-state index in [1.54, 1.807) is 31.2 Å². The third-order valence-corrected chi connectivity index (χ3v) is 4.50. The van der Waals surface area contributed by atoms with Gasteiger partial charge in [0.1, 0.15) is 6.04 Å². The lowest BCUT2D eigenvalue weighted by molar-refractivity contribution is -0.134. The SMILES string of the molecule is COCC(c1ccc(Cl)cc1)N(C)C(=O)C1CSC(=O)N1. The maximum atomic E-state index is 12.5. The summed E-state index contributed by atoms with van der Waals surface area (Å²) in [5.74, 6) is 0.341. The van der Waals surface area contributed by atoms with Gasteiger partial charge in [-0.2, -0.15) is 0 Å². The zero-order valence-corrected chi connectivity index (χ0v) is 13.4. The molecule has 0 radical (unpaired) electrons. The molecule has 2 amide bonds. The number of methoxy groups -OCH3 is 1. The molecule has 1 N–H and O–H groups in total. The van der Waals surface area contributed by atoms with Crippen LogP contribution < -0.4 is 5.32 Å². The van der Waals surface area contributed by atoms with Gasteiger partial charge in [0.25, 0.3) is 5.24 Å². The van der Waals surface area contributed by atoms with Crippen LogP contribution >= 0.6 is 23.4 Å². The van der Waals surface area contributed by atoms with Crippen LogP contribution in [0.25, 0.3) is 0 Å². The van der Waals surface area contributed by atoms with Crippen molar-refractivity contribution in [1.29, 1.82) is 0 Å². The number of rotatable bonds is 5. The Kier molecular flexibility index (Phi) is 5.50. The molecule has 0 aromatic heterocycles. The maximum Gasteiger partial charge on any atom is 0.279 e. The number of benzene rings is 1. The van der Waals surface area contributed by atoms with Gasteiger partial charge in [-0.25, -0.2) is 0 Å². The predicted molar refractivity (Wildman–Crippen MR) is 83.6 cm³/mol. The molecule has 21 heavy (non-hydrogen) atoms. The molecule has 114 valence electrons. The first-order valence-electron chi connectivity index (χ1n) is 6.47. The van der Waals surface area contributed by atoms with E-state index in [1.807, 2.05) is 12.1 Å². The first kappa shape index (κ1) is 16.1. The van der Waals surface area contributed by atoms with Gasteiger partial charge in [0.2, 0.25) is 5.91 Å². The van der Waals surface area contributed by atoms with E-state index in [2.05, 4.69) is 5.32 Å².